The van der Waals surface area contributed by atoms with Gasteiger partial charge in [0.15, 0.2) is 0 Å². The highest BCUT2D eigenvalue weighted by molar-refractivity contribution is 5.48. The van der Waals surface area contributed by atoms with Crippen LogP contribution in [0.4, 0.5) is 5.69 Å². The Morgan fingerprint density at radius 2 is 1.71 bits per heavy atom. The Morgan fingerprint density at radius 3 is 2.29 bits per heavy atom. The van der Waals surface area contributed by atoms with Crippen LogP contribution in [-0.2, 0) is 6.42 Å². The van der Waals surface area contributed by atoms with E-state index in [1.807, 2.05) is 0 Å². The molecule has 0 aromatic heterocycles. The summed E-state index contributed by atoms with van der Waals surface area (Å²) >= 11 is 0. The number of aliphatic hydroxyl groups is 1. The quantitative estimate of drug-likeness (QED) is 0.852. The topological polar surface area (TPSA) is 26.7 Å². The molecule has 0 aliphatic carbocycles. The third-order valence-corrected chi connectivity index (χ3v) is 3.43. The molecule has 1 N–H and O–H groups in total. The number of benzene rings is 1. The Balaban J connectivity index is 1.93. The summed E-state index contributed by atoms with van der Waals surface area (Å²) in [5.74, 6) is 0. The first-order valence-electron chi connectivity index (χ1n) is 6.43. The van der Waals surface area contributed by atoms with E-state index in [1.54, 1.807) is 0 Å². The molecule has 0 atom stereocenters. The number of hydrogen-bond donors (Lipinski definition) is 1. The van der Waals surface area contributed by atoms with E-state index in [1.165, 1.54) is 11.3 Å². The Labute approximate surface area is 104 Å². The van der Waals surface area contributed by atoms with Crippen molar-refractivity contribution < 1.29 is 5.11 Å². The van der Waals surface area contributed by atoms with Crippen LogP contribution in [0.2, 0.25) is 0 Å². The number of hydrogen-bond acceptors (Lipinski definition) is 3. The summed E-state index contributed by atoms with van der Waals surface area (Å²) in [7, 11) is 2.18. The lowest BCUT2D eigenvalue weighted by molar-refractivity contribution is 0.288. The zero-order valence-corrected chi connectivity index (χ0v) is 10.6. The molecule has 0 radical (unpaired) electrons. The van der Waals surface area contributed by atoms with Crippen molar-refractivity contribution in [2.75, 3.05) is 44.7 Å². The summed E-state index contributed by atoms with van der Waals surface area (Å²) in [6.07, 6.45) is 1.83. The Hall–Kier alpha value is -1.06. The van der Waals surface area contributed by atoms with E-state index >= 15 is 0 Å². The van der Waals surface area contributed by atoms with Crippen molar-refractivity contribution in [2.24, 2.45) is 0 Å². The third-order valence-electron chi connectivity index (χ3n) is 3.43. The second-order valence-electron chi connectivity index (χ2n) is 4.78. The molecule has 1 fully saturated rings. The molecule has 1 saturated heterocycles. The molecule has 0 saturated carbocycles. The molecule has 1 aliphatic heterocycles. The van der Waals surface area contributed by atoms with Gasteiger partial charge < -0.3 is 14.9 Å². The SMILES string of the molecule is CN1CCN(c2ccc(CCCO)cc2)CC1. The second kappa shape index (κ2) is 6.03. The first-order chi connectivity index (χ1) is 8.29. The van der Waals surface area contributed by atoms with Crippen molar-refractivity contribution in [3.05, 3.63) is 29.8 Å². The predicted octanol–water partition coefficient (Wildman–Crippen LogP) is 1.36. The molecule has 17 heavy (non-hydrogen) atoms. The minimum absolute atomic E-state index is 0.278. The van der Waals surface area contributed by atoms with Gasteiger partial charge in [0.05, 0.1) is 0 Å². The molecule has 94 valence electrons. The van der Waals surface area contributed by atoms with E-state index in [-0.39, 0.29) is 6.61 Å². The largest absolute Gasteiger partial charge is 0.396 e. The Bertz CT molecular complexity index is 329. The van der Waals surface area contributed by atoms with E-state index in [4.69, 9.17) is 5.11 Å². The first kappa shape index (κ1) is 12.4. The minimum atomic E-state index is 0.278. The van der Waals surface area contributed by atoms with Gasteiger partial charge in [-0.1, -0.05) is 12.1 Å². The van der Waals surface area contributed by atoms with E-state index in [0.29, 0.717) is 0 Å². The molecule has 1 aromatic carbocycles. The predicted molar refractivity (Wildman–Crippen MR) is 71.6 cm³/mol. The lowest BCUT2D eigenvalue weighted by Crippen LogP contribution is -2.44. The highest BCUT2D eigenvalue weighted by atomic mass is 16.2. The number of rotatable bonds is 4. The van der Waals surface area contributed by atoms with Gasteiger partial charge >= 0.3 is 0 Å². The molecule has 1 aliphatic rings. The van der Waals surface area contributed by atoms with Crippen LogP contribution in [-0.4, -0.2) is 49.8 Å². The van der Waals surface area contributed by atoms with Crippen LogP contribution in [0, 0.1) is 0 Å². The van der Waals surface area contributed by atoms with Gasteiger partial charge in [-0.3, -0.25) is 0 Å². The van der Waals surface area contributed by atoms with Crippen LogP contribution in [0.5, 0.6) is 0 Å². The number of piperazine rings is 1. The van der Waals surface area contributed by atoms with Gasteiger partial charge in [0.2, 0.25) is 0 Å². The molecule has 3 nitrogen and oxygen atoms in total. The van der Waals surface area contributed by atoms with Crippen molar-refractivity contribution >= 4 is 5.69 Å². The molecular formula is C14H22N2O. The summed E-state index contributed by atoms with van der Waals surface area (Å²) in [5, 5.41) is 8.80. The number of aryl methyl sites for hydroxylation is 1. The summed E-state index contributed by atoms with van der Waals surface area (Å²) in [6.45, 7) is 4.80. The van der Waals surface area contributed by atoms with Gasteiger partial charge in [0.25, 0.3) is 0 Å². The highest BCUT2D eigenvalue weighted by Crippen LogP contribution is 2.17. The zero-order chi connectivity index (χ0) is 12.1. The van der Waals surface area contributed by atoms with Gasteiger partial charge in [0, 0.05) is 38.5 Å². The molecule has 0 spiro atoms. The van der Waals surface area contributed by atoms with Crippen LogP contribution in [0.25, 0.3) is 0 Å². The molecule has 3 heteroatoms. The standard InChI is InChI=1S/C14H22N2O/c1-15-8-10-16(11-9-15)14-6-4-13(5-7-14)3-2-12-17/h4-7,17H,2-3,8-12H2,1H3. The lowest BCUT2D eigenvalue weighted by atomic mass is 10.1. The van der Waals surface area contributed by atoms with Gasteiger partial charge in [-0.05, 0) is 37.6 Å². The maximum atomic E-state index is 8.80. The Kier molecular flexibility index (Phi) is 4.40. The Morgan fingerprint density at radius 1 is 1.06 bits per heavy atom. The molecular weight excluding hydrogens is 212 g/mol. The second-order valence-corrected chi connectivity index (χ2v) is 4.78. The number of aliphatic hydroxyl groups excluding tert-OH is 1. The first-order valence-corrected chi connectivity index (χ1v) is 6.43. The maximum Gasteiger partial charge on any atom is 0.0434 e. The molecule has 0 unspecified atom stereocenters. The van der Waals surface area contributed by atoms with Gasteiger partial charge in [0.1, 0.15) is 0 Å². The minimum Gasteiger partial charge on any atom is -0.396 e. The summed E-state index contributed by atoms with van der Waals surface area (Å²) in [5.41, 5.74) is 2.64. The molecule has 0 bridgehead atoms. The van der Waals surface area contributed by atoms with Crippen molar-refractivity contribution in [3.63, 3.8) is 0 Å². The van der Waals surface area contributed by atoms with E-state index in [2.05, 4.69) is 41.1 Å². The smallest absolute Gasteiger partial charge is 0.0434 e. The molecule has 1 aromatic rings. The molecule has 1 heterocycles. The number of nitrogens with zero attached hydrogens (tertiary/aromatic N) is 2. The maximum absolute atomic E-state index is 8.80. The average Bonchev–Trinajstić information content (AvgIpc) is 2.38. The van der Waals surface area contributed by atoms with Crippen molar-refractivity contribution in [3.8, 4) is 0 Å². The van der Waals surface area contributed by atoms with Crippen LogP contribution in [0.15, 0.2) is 24.3 Å². The van der Waals surface area contributed by atoms with Crippen molar-refractivity contribution in [1.82, 2.24) is 4.90 Å². The number of anilines is 1. The average molecular weight is 234 g/mol. The van der Waals surface area contributed by atoms with Crippen molar-refractivity contribution in [1.29, 1.82) is 0 Å². The van der Waals surface area contributed by atoms with Gasteiger partial charge in [-0.15, -0.1) is 0 Å². The summed E-state index contributed by atoms with van der Waals surface area (Å²) in [4.78, 5) is 4.81. The fourth-order valence-electron chi connectivity index (χ4n) is 2.22. The van der Waals surface area contributed by atoms with Gasteiger partial charge in [-0.2, -0.15) is 0 Å². The van der Waals surface area contributed by atoms with Crippen LogP contribution < -0.4 is 4.90 Å². The van der Waals surface area contributed by atoms with E-state index in [0.717, 1.165) is 39.0 Å². The third kappa shape index (κ3) is 3.45. The number of likely N-dealkylation sites (N-methyl/N-ethyl adjacent to an activating group) is 1. The highest BCUT2D eigenvalue weighted by Gasteiger charge is 2.13. The van der Waals surface area contributed by atoms with Crippen LogP contribution in [0.1, 0.15) is 12.0 Å². The van der Waals surface area contributed by atoms with Crippen LogP contribution >= 0.6 is 0 Å². The molecule has 2 rings (SSSR count). The summed E-state index contributed by atoms with van der Waals surface area (Å²) < 4.78 is 0. The monoisotopic (exact) mass is 234 g/mol. The van der Waals surface area contributed by atoms with E-state index in [9.17, 15) is 0 Å². The van der Waals surface area contributed by atoms with E-state index < -0.39 is 0 Å². The van der Waals surface area contributed by atoms with Crippen LogP contribution in [0.3, 0.4) is 0 Å². The van der Waals surface area contributed by atoms with Crippen molar-refractivity contribution in [2.45, 2.75) is 12.8 Å². The normalized spacial score (nSPS) is 17.4. The fourth-order valence-corrected chi connectivity index (χ4v) is 2.22. The van der Waals surface area contributed by atoms with Gasteiger partial charge in [-0.25, -0.2) is 0 Å². The zero-order valence-electron chi connectivity index (χ0n) is 10.6. The summed E-state index contributed by atoms with van der Waals surface area (Å²) in [6, 6.07) is 8.78. The lowest BCUT2D eigenvalue weighted by Gasteiger charge is -2.34. The molecule has 0 amide bonds. The fraction of sp³-hybridized carbons (Fsp3) is 0.571.